The van der Waals surface area contributed by atoms with Gasteiger partial charge in [0, 0.05) is 13.2 Å². The van der Waals surface area contributed by atoms with Gasteiger partial charge in [-0.15, -0.1) is 0 Å². The smallest absolute Gasteiger partial charge is 0.258 e. The third-order valence-electron chi connectivity index (χ3n) is 6.59. The quantitative estimate of drug-likeness (QED) is 0.582. The zero-order chi connectivity index (χ0) is 22.6. The van der Waals surface area contributed by atoms with Crippen LogP contribution in [0.4, 0.5) is 0 Å². The van der Waals surface area contributed by atoms with Crippen molar-refractivity contribution in [1.82, 2.24) is 20.2 Å². The molecule has 1 aromatic heterocycles. The second kappa shape index (κ2) is 9.85. The fourth-order valence-corrected chi connectivity index (χ4v) is 5.03. The van der Waals surface area contributed by atoms with E-state index in [2.05, 4.69) is 33.5 Å². The summed E-state index contributed by atoms with van der Waals surface area (Å²) in [4.78, 5) is 35.2. The molecular formula is C26H30N4O3. The Morgan fingerprint density at radius 1 is 1.12 bits per heavy atom. The molecule has 1 fully saturated rings. The number of benzene rings is 2. The number of aromatic nitrogens is 2. The number of hydrogen-bond acceptors (Lipinski definition) is 5. The van der Waals surface area contributed by atoms with Gasteiger partial charge in [0.1, 0.15) is 5.82 Å². The first-order chi connectivity index (χ1) is 16.2. The van der Waals surface area contributed by atoms with Crippen LogP contribution < -0.4 is 10.9 Å². The minimum absolute atomic E-state index is 0.0159. The summed E-state index contributed by atoms with van der Waals surface area (Å²) in [5.74, 6) is 0.547. The molecule has 5 rings (SSSR count). The molecule has 172 valence electrons. The molecule has 2 aromatic carbocycles. The third kappa shape index (κ3) is 5.15. The summed E-state index contributed by atoms with van der Waals surface area (Å²) in [6.07, 6.45) is 5.21. The predicted molar refractivity (Wildman–Crippen MR) is 127 cm³/mol. The maximum atomic E-state index is 13.1. The number of carbonyl (C=O) groups is 1. The number of ether oxygens (including phenoxy) is 1. The van der Waals surface area contributed by atoms with Crippen molar-refractivity contribution in [2.45, 2.75) is 50.8 Å². The number of aryl methyl sites for hydroxylation is 1. The average molecular weight is 447 g/mol. The first kappa shape index (κ1) is 21.8. The molecule has 1 aliphatic carbocycles. The summed E-state index contributed by atoms with van der Waals surface area (Å²) >= 11 is 0. The van der Waals surface area contributed by atoms with Crippen molar-refractivity contribution >= 4 is 16.8 Å². The van der Waals surface area contributed by atoms with Gasteiger partial charge in [-0.25, -0.2) is 4.98 Å². The summed E-state index contributed by atoms with van der Waals surface area (Å²) in [7, 11) is 0. The zero-order valence-electron chi connectivity index (χ0n) is 18.8. The van der Waals surface area contributed by atoms with Crippen LogP contribution in [0.1, 0.15) is 48.7 Å². The largest absolute Gasteiger partial charge is 0.377 e. The molecule has 0 saturated carbocycles. The highest BCUT2D eigenvalue weighted by molar-refractivity contribution is 5.79. The van der Waals surface area contributed by atoms with Gasteiger partial charge in [0.15, 0.2) is 0 Å². The fourth-order valence-electron chi connectivity index (χ4n) is 5.03. The molecule has 0 unspecified atom stereocenters. The minimum atomic E-state index is -0.157. The molecule has 33 heavy (non-hydrogen) atoms. The molecule has 1 amide bonds. The monoisotopic (exact) mass is 446 g/mol. The lowest BCUT2D eigenvalue weighted by Gasteiger charge is -2.28. The lowest BCUT2D eigenvalue weighted by atomic mass is 9.88. The number of carbonyl (C=O) groups excluding carboxylic acids is 1. The lowest BCUT2D eigenvalue weighted by Crippen LogP contribution is -2.42. The average Bonchev–Trinajstić information content (AvgIpc) is 3.32. The second-order valence-corrected chi connectivity index (χ2v) is 9.05. The Balaban J connectivity index is 1.31. The van der Waals surface area contributed by atoms with Crippen LogP contribution in [0, 0.1) is 0 Å². The van der Waals surface area contributed by atoms with Crippen LogP contribution in [0.5, 0.6) is 0 Å². The number of nitrogens with one attached hydrogen (secondary N) is 2. The molecule has 2 N–H and O–H groups in total. The number of fused-ring (bicyclic) bond motifs is 2. The molecule has 2 atom stereocenters. The number of para-hydroxylation sites is 1. The molecule has 1 aliphatic heterocycles. The van der Waals surface area contributed by atoms with Crippen LogP contribution >= 0.6 is 0 Å². The molecule has 2 heterocycles. The zero-order valence-corrected chi connectivity index (χ0v) is 18.8. The predicted octanol–water partition coefficient (Wildman–Crippen LogP) is 3.10. The minimum Gasteiger partial charge on any atom is -0.377 e. The maximum Gasteiger partial charge on any atom is 0.258 e. The van der Waals surface area contributed by atoms with Crippen LogP contribution in [-0.4, -0.2) is 46.6 Å². The summed E-state index contributed by atoms with van der Waals surface area (Å²) in [6, 6.07) is 15.7. The van der Waals surface area contributed by atoms with E-state index < -0.39 is 0 Å². The fraction of sp³-hybridized carbons (Fsp3) is 0.423. The van der Waals surface area contributed by atoms with Gasteiger partial charge in [0.2, 0.25) is 5.91 Å². The molecule has 0 spiro atoms. The van der Waals surface area contributed by atoms with Crippen molar-refractivity contribution in [1.29, 1.82) is 0 Å². The van der Waals surface area contributed by atoms with Crippen molar-refractivity contribution < 1.29 is 9.53 Å². The third-order valence-corrected chi connectivity index (χ3v) is 6.59. The Kier molecular flexibility index (Phi) is 6.51. The van der Waals surface area contributed by atoms with Gasteiger partial charge in [0.05, 0.1) is 36.1 Å². The molecular weight excluding hydrogens is 416 g/mol. The van der Waals surface area contributed by atoms with E-state index >= 15 is 0 Å². The number of H-pyrrole nitrogens is 1. The number of amides is 1. The second-order valence-electron chi connectivity index (χ2n) is 9.05. The number of rotatable bonds is 7. The number of aromatic amines is 1. The molecule has 0 bridgehead atoms. The van der Waals surface area contributed by atoms with Gasteiger partial charge in [-0.05, 0) is 55.4 Å². The molecule has 1 saturated heterocycles. The van der Waals surface area contributed by atoms with Gasteiger partial charge in [0.25, 0.3) is 5.56 Å². The maximum absolute atomic E-state index is 13.1. The van der Waals surface area contributed by atoms with E-state index in [1.807, 2.05) is 29.2 Å². The van der Waals surface area contributed by atoms with Crippen LogP contribution in [0.25, 0.3) is 10.9 Å². The standard InChI is InChI=1S/C26H30N4O3/c31-25(28-22-13-5-8-18-7-1-2-10-20(18)22)17-30(15-19-9-6-14-33-19)16-24-27-23-12-4-3-11-21(23)26(32)29-24/h1-4,7,10-12,19,22H,5-6,8-9,13-17H2,(H,28,31)(H,27,29,32)/t19-,22+/m1/s1. The van der Waals surface area contributed by atoms with Gasteiger partial charge in [-0.2, -0.15) is 0 Å². The SMILES string of the molecule is O=C(CN(Cc1nc2ccccc2c(=O)[nH]1)C[C@H]1CCCO1)N[C@H]1CCCc2ccccc21. The Bertz CT molecular complexity index is 1190. The molecule has 7 heteroatoms. The van der Waals surface area contributed by atoms with E-state index in [4.69, 9.17) is 4.74 Å². The highest BCUT2D eigenvalue weighted by Crippen LogP contribution is 2.29. The van der Waals surface area contributed by atoms with E-state index in [-0.39, 0.29) is 30.2 Å². The van der Waals surface area contributed by atoms with Crippen molar-refractivity contribution in [2.75, 3.05) is 19.7 Å². The molecule has 7 nitrogen and oxygen atoms in total. The summed E-state index contributed by atoms with van der Waals surface area (Å²) in [6.45, 7) is 2.00. The van der Waals surface area contributed by atoms with Crippen LogP contribution in [0.15, 0.2) is 53.3 Å². The van der Waals surface area contributed by atoms with E-state index in [1.165, 1.54) is 11.1 Å². The van der Waals surface area contributed by atoms with Crippen LogP contribution in [0.2, 0.25) is 0 Å². The highest BCUT2D eigenvalue weighted by Gasteiger charge is 2.25. The van der Waals surface area contributed by atoms with Crippen LogP contribution in [0.3, 0.4) is 0 Å². The Morgan fingerprint density at radius 2 is 1.97 bits per heavy atom. The summed E-state index contributed by atoms with van der Waals surface area (Å²) in [5, 5.41) is 3.81. The first-order valence-corrected chi connectivity index (χ1v) is 11.8. The van der Waals surface area contributed by atoms with Crippen molar-refractivity contribution in [2.24, 2.45) is 0 Å². The van der Waals surface area contributed by atoms with Gasteiger partial charge >= 0.3 is 0 Å². The number of hydrogen-bond donors (Lipinski definition) is 2. The van der Waals surface area contributed by atoms with Crippen molar-refractivity contribution in [3.63, 3.8) is 0 Å². The van der Waals surface area contributed by atoms with Crippen LogP contribution in [-0.2, 0) is 22.5 Å². The van der Waals surface area contributed by atoms with E-state index in [0.29, 0.717) is 29.8 Å². The van der Waals surface area contributed by atoms with Crippen molar-refractivity contribution in [3.8, 4) is 0 Å². The van der Waals surface area contributed by atoms with Gasteiger partial charge in [-0.3, -0.25) is 14.5 Å². The van der Waals surface area contributed by atoms with E-state index in [9.17, 15) is 9.59 Å². The Morgan fingerprint density at radius 3 is 2.85 bits per heavy atom. The highest BCUT2D eigenvalue weighted by atomic mass is 16.5. The molecule has 0 radical (unpaired) electrons. The molecule has 2 aliphatic rings. The normalized spacial score (nSPS) is 20.2. The molecule has 3 aromatic rings. The topological polar surface area (TPSA) is 87.3 Å². The van der Waals surface area contributed by atoms with E-state index in [0.717, 1.165) is 38.7 Å². The first-order valence-electron chi connectivity index (χ1n) is 11.8. The van der Waals surface area contributed by atoms with Gasteiger partial charge < -0.3 is 15.0 Å². The van der Waals surface area contributed by atoms with Crippen molar-refractivity contribution in [3.05, 3.63) is 75.8 Å². The summed E-state index contributed by atoms with van der Waals surface area (Å²) in [5.41, 5.74) is 3.05. The Labute approximate surface area is 193 Å². The number of nitrogens with zero attached hydrogens (tertiary/aromatic N) is 2. The van der Waals surface area contributed by atoms with Gasteiger partial charge in [-0.1, -0.05) is 36.4 Å². The summed E-state index contributed by atoms with van der Waals surface area (Å²) < 4.78 is 5.83. The van der Waals surface area contributed by atoms with E-state index in [1.54, 1.807) is 6.07 Å². The lowest BCUT2D eigenvalue weighted by molar-refractivity contribution is -0.123. The Hall–Kier alpha value is -3.03.